The molecule has 0 saturated heterocycles. The largest absolute Gasteiger partial charge is 0.356 e. The van der Waals surface area contributed by atoms with Crippen LogP contribution in [0.4, 0.5) is 4.39 Å². The molecule has 1 aromatic carbocycles. The summed E-state index contributed by atoms with van der Waals surface area (Å²) in [4.78, 5) is 7.12. The van der Waals surface area contributed by atoms with Gasteiger partial charge in [0.25, 0.3) is 5.89 Å². The Balaban J connectivity index is 1.80. The van der Waals surface area contributed by atoms with Crippen LogP contribution in [-0.2, 0) is 6.42 Å². The fraction of sp³-hybridized carbons (Fsp3) is 0.0714. The highest BCUT2D eigenvalue weighted by Gasteiger charge is 2.11. The third-order valence-electron chi connectivity index (χ3n) is 2.79. The second-order valence-corrected chi connectivity index (χ2v) is 4.23. The predicted molar refractivity (Wildman–Crippen MR) is 68.0 cm³/mol. The summed E-state index contributed by atoms with van der Waals surface area (Å²) in [6.07, 6.45) is 2.02. The van der Waals surface area contributed by atoms with Crippen molar-refractivity contribution in [3.63, 3.8) is 0 Å². The Morgan fingerprint density at radius 1 is 1.30 bits per heavy atom. The second-order valence-electron chi connectivity index (χ2n) is 4.23. The standard InChI is InChI=1S/C14H9FN4O/c15-11-3-1-9(2-4-11)6-13-18-14(20-19-13)12-5-10(7-16)8-17-12/h1-5,8,17H,6H2. The molecule has 2 heterocycles. The van der Waals surface area contributed by atoms with Crippen molar-refractivity contribution >= 4 is 0 Å². The Hall–Kier alpha value is -2.94. The van der Waals surface area contributed by atoms with Gasteiger partial charge in [-0.05, 0) is 23.8 Å². The third-order valence-corrected chi connectivity index (χ3v) is 2.79. The number of nitrogens with one attached hydrogen (secondary N) is 1. The molecular weight excluding hydrogens is 259 g/mol. The molecule has 98 valence electrons. The van der Waals surface area contributed by atoms with Crippen LogP contribution in [0.15, 0.2) is 41.1 Å². The van der Waals surface area contributed by atoms with Crippen LogP contribution in [-0.4, -0.2) is 15.1 Å². The fourth-order valence-electron chi connectivity index (χ4n) is 1.80. The zero-order chi connectivity index (χ0) is 13.9. The van der Waals surface area contributed by atoms with Crippen LogP contribution in [0.5, 0.6) is 0 Å². The molecule has 0 unspecified atom stereocenters. The van der Waals surface area contributed by atoms with Crippen LogP contribution < -0.4 is 0 Å². The molecule has 0 spiro atoms. The molecule has 0 aliphatic heterocycles. The summed E-state index contributed by atoms with van der Waals surface area (Å²) < 4.78 is 17.9. The van der Waals surface area contributed by atoms with E-state index in [1.165, 1.54) is 12.1 Å². The molecule has 0 amide bonds. The monoisotopic (exact) mass is 268 g/mol. The molecule has 20 heavy (non-hydrogen) atoms. The summed E-state index contributed by atoms with van der Waals surface area (Å²) in [5.74, 6) is 0.543. The Morgan fingerprint density at radius 3 is 2.80 bits per heavy atom. The van der Waals surface area contributed by atoms with E-state index in [-0.39, 0.29) is 5.82 Å². The van der Waals surface area contributed by atoms with E-state index in [1.54, 1.807) is 24.4 Å². The average Bonchev–Trinajstić information content (AvgIpc) is 3.10. The van der Waals surface area contributed by atoms with Crippen molar-refractivity contribution < 1.29 is 8.91 Å². The molecule has 0 radical (unpaired) electrons. The normalized spacial score (nSPS) is 10.4. The van der Waals surface area contributed by atoms with Gasteiger partial charge < -0.3 is 9.51 Å². The minimum absolute atomic E-state index is 0.280. The first kappa shape index (κ1) is 12.1. The number of aromatic nitrogens is 3. The lowest BCUT2D eigenvalue weighted by Crippen LogP contribution is -1.91. The van der Waals surface area contributed by atoms with Crippen LogP contribution in [0.3, 0.4) is 0 Å². The molecular formula is C14H9FN4O. The van der Waals surface area contributed by atoms with Crippen LogP contribution in [0.1, 0.15) is 17.0 Å². The van der Waals surface area contributed by atoms with Gasteiger partial charge in [-0.15, -0.1) is 0 Å². The average molecular weight is 268 g/mol. The van der Waals surface area contributed by atoms with Gasteiger partial charge in [-0.25, -0.2) is 4.39 Å². The summed E-state index contributed by atoms with van der Waals surface area (Å²) in [5, 5.41) is 12.6. The SMILES string of the molecule is N#Cc1c[nH]c(-c2nc(Cc3ccc(F)cc3)no2)c1. The van der Waals surface area contributed by atoms with Crippen molar-refractivity contribution in [3.05, 3.63) is 59.3 Å². The second kappa shape index (κ2) is 4.97. The van der Waals surface area contributed by atoms with Crippen LogP contribution >= 0.6 is 0 Å². The number of hydrogen-bond donors (Lipinski definition) is 1. The molecule has 5 nitrogen and oxygen atoms in total. The lowest BCUT2D eigenvalue weighted by atomic mass is 10.1. The first-order chi connectivity index (χ1) is 9.74. The van der Waals surface area contributed by atoms with Crippen LogP contribution in [0, 0.1) is 17.1 Å². The highest BCUT2D eigenvalue weighted by molar-refractivity contribution is 5.51. The lowest BCUT2D eigenvalue weighted by molar-refractivity contribution is 0.423. The zero-order valence-corrected chi connectivity index (χ0v) is 10.3. The molecule has 0 fully saturated rings. The van der Waals surface area contributed by atoms with E-state index in [0.717, 1.165) is 5.56 Å². The van der Waals surface area contributed by atoms with E-state index in [0.29, 0.717) is 29.4 Å². The van der Waals surface area contributed by atoms with E-state index in [4.69, 9.17) is 9.78 Å². The molecule has 3 rings (SSSR count). The minimum Gasteiger partial charge on any atom is -0.356 e. The summed E-state index contributed by atoms with van der Waals surface area (Å²) in [7, 11) is 0. The molecule has 3 aromatic rings. The van der Waals surface area contributed by atoms with E-state index in [1.807, 2.05) is 6.07 Å². The number of aromatic amines is 1. The maximum absolute atomic E-state index is 12.8. The van der Waals surface area contributed by atoms with E-state index in [9.17, 15) is 4.39 Å². The van der Waals surface area contributed by atoms with E-state index in [2.05, 4.69) is 15.1 Å². The lowest BCUT2D eigenvalue weighted by Gasteiger charge is -1.95. The number of H-pyrrole nitrogens is 1. The Labute approximate surface area is 113 Å². The highest BCUT2D eigenvalue weighted by atomic mass is 19.1. The number of benzene rings is 1. The van der Waals surface area contributed by atoms with Gasteiger partial charge in [-0.1, -0.05) is 17.3 Å². The summed E-state index contributed by atoms with van der Waals surface area (Å²) in [5.41, 5.74) is 1.99. The number of rotatable bonds is 3. The molecule has 2 aromatic heterocycles. The van der Waals surface area contributed by atoms with Crippen molar-refractivity contribution in [2.24, 2.45) is 0 Å². The third kappa shape index (κ3) is 2.42. The molecule has 0 saturated carbocycles. The quantitative estimate of drug-likeness (QED) is 0.792. The predicted octanol–water partition coefficient (Wildman–Crippen LogP) is 2.67. The first-order valence-electron chi connectivity index (χ1n) is 5.90. The van der Waals surface area contributed by atoms with Crippen molar-refractivity contribution in [1.29, 1.82) is 5.26 Å². The smallest absolute Gasteiger partial charge is 0.274 e. The molecule has 1 N–H and O–H groups in total. The molecule has 0 aliphatic carbocycles. The van der Waals surface area contributed by atoms with Crippen LogP contribution in [0.2, 0.25) is 0 Å². The number of halogens is 1. The summed E-state index contributed by atoms with van der Waals surface area (Å²) in [6, 6.07) is 9.77. The Kier molecular flexibility index (Phi) is 3.01. The Bertz CT molecular complexity index is 767. The minimum atomic E-state index is -0.280. The maximum Gasteiger partial charge on any atom is 0.274 e. The van der Waals surface area contributed by atoms with Crippen molar-refractivity contribution in [2.45, 2.75) is 6.42 Å². The first-order valence-corrected chi connectivity index (χ1v) is 5.90. The highest BCUT2D eigenvalue weighted by Crippen LogP contribution is 2.17. The molecule has 0 aliphatic rings. The van der Waals surface area contributed by atoms with Gasteiger partial charge in [0.15, 0.2) is 5.82 Å². The van der Waals surface area contributed by atoms with Gasteiger partial charge in [0.2, 0.25) is 0 Å². The summed E-state index contributed by atoms with van der Waals surface area (Å²) in [6.45, 7) is 0. The van der Waals surface area contributed by atoms with Crippen molar-refractivity contribution in [3.8, 4) is 17.7 Å². The van der Waals surface area contributed by atoms with Gasteiger partial charge >= 0.3 is 0 Å². The fourth-order valence-corrected chi connectivity index (χ4v) is 1.80. The van der Waals surface area contributed by atoms with Crippen LogP contribution in [0.25, 0.3) is 11.6 Å². The zero-order valence-electron chi connectivity index (χ0n) is 10.3. The van der Waals surface area contributed by atoms with Gasteiger partial charge in [0.1, 0.15) is 17.6 Å². The van der Waals surface area contributed by atoms with E-state index >= 15 is 0 Å². The van der Waals surface area contributed by atoms with Crippen molar-refractivity contribution in [2.75, 3.05) is 0 Å². The number of nitrogens with zero attached hydrogens (tertiary/aromatic N) is 3. The summed E-state index contributed by atoms with van der Waals surface area (Å²) >= 11 is 0. The number of nitriles is 1. The molecule has 0 atom stereocenters. The van der Waals surface area contributed by atoms with Gasteiger partial charge in [-0.2, -0.15) is 10.2 Å². The Morgan fingerprint density at radius 2 is 2.10 bits per heavy atom. The molecule has 0 bridgehead atoms. The van der Waals surface area contributed by atoms with Gasteiger partial charge in [0.05, 0.1) is 5.56 Å². The van der Waals surface area contributed by atoms with Crippen molar-refractivity contribution in [1.82, 2.24) is 15.1 Å². The van der Waals surface area contributed by atoms with E-state index < -0.39 is 0 Å². The van der Waals surface area contributed by atoms with Gasteiger partial charge in [-0.3, -0.25) is 0 Å². The topological polar surface area (TPSA) is 78.5 Å². The van der Waals surface area contributed by atoms with Gasteiger partial charge in [0, 0.05) is 12.6 Å². The number of hydrogen-bond acceptors (Lipinski definition) is 4. The maximum atomic E-state index is 12.8. The molecule has 6 heteroatoms.